The molecular formula is C16H22N4O6S. The third-order valence-corrected chi connectivity index (χ3v) is 4.80. The molecule has 1 unspecified atom stereocenters. The van der Waals surface area contributed by atoms with E-state index in [-0.39, 0.29) is 10.9 Å². The first-order valence-corrected chi connectivity index (χ1v) is 9.87. The smallest absolute Gasteiger partial charge is 0.328 e. The molecule has 148 valence electrons. The zero-order valence-electron chi connectivity index (χ0n) is 14.9. The summed E-state index contributed by atoms with van der Waals surface area (Å²) in [7, 11) is -0.297. The van der Waals surface area contributed by atoms with Crippen LogP contribution in [0.2, 0.25) is 0 Å². The first-order valence-electron chi connectivity index (χ1n) is 8.32. The van der Waals surface area contributed by atoms with Gasteiger partial charge in [0.25, 0.3) is 0 Å². The number of oxime groups is 1. The lowest BCUT2D eigenvalue weighted by atomic mass is 10.1. The summed E-state index contributed by atoms with van der Waals surface area (Å²) >= 11 is 0. The SMILES string of the molecule is CS1=NC(N2CCC(=NO)CC2)=C2OCCCC2=N1.O=C(O)/C=C\C(=O)O. The number of fused-ring (bicyclic) bond motifs is 1. The van der Waals surface area contributed by atoms with Gasteiger partial charge < -0.3 is 25.1 Å². The lowest BCUT2D eigenvalue weighted by Crippen LogP contribution is -2.36. The van der Waals surface area contributed by atoms with Crippen LogP contribution in [-0.2, 0) is 25.2 Å². The van der Waals surface area contributed by atoms with Crippen molar-refractivity contribution in [1.82, 2.24) is 4.90 Å². The minimum Gasteiger partial charge on any atom is -0.488 e. The predicted molar refractivity (Wildman–Crippen MR) is 99.8 cm³/mol. The minimum atomic E-state index is -1.26. The van der Waals surface area contributed by atoms with E-state index in [0.717, 1.165) is 68.4 Å². The van der Waals surface area contributed by atoms with Crippen molar-refractivity contribution in [2.24, 2.45) is 13.9 Å². The Labute approximate surface area is 158 Å². The van der Waals surface area contributed by atoms with Gasteiger partial charge in [-0.2, -0.15) is 4.36 Å². The maximum Gasteiger partial charge on any atom is 0.328 e. The number of likely N-dealkylation sites (tertiary alicyclic amines) is 1. The van der Waals surface area contributed by atoms with E-state index in [1.54, 1.807) is 0 Å². The topological polar surface area (TPSA) is 144 Å². The second kappa shape index (κ2) is 9.86. The monoisotopic (exact) mass is 398 g/mol. The summed E-state index contributed by atoms with van der Waals surface area (Å²) in [6, 6.07) is 0. The van der Waals surface area contributed by atoms with E-state index in [9.17, 15) is 9.59 Å². The van der Waals surface area contributed by atoms with Gasteiger partial charge in [0.2, 0.25) is 0 Å². The maximum atomic E-state index is 9.55. The second-order valence-electron chi connectivity index (χ2n) is 5.84. The highest BCUT2D eigenvalue weighted by Crippen LogP contribution is 2.27. The van der Waals surface area contributed by atoms with Crippen LogP contribution in [0.4, 0.5) is 0 Å². The van der Waals surface area contributed by atoms with Crippen LogP contribution in [0.3, 0.4) is 0 Å². The normalized spacial score (nSPS) is 22.0. The molecule has 0 aromatic heterocycles. The molecule has 10 nitrogen and oxygen atoms in total. The third-order valence-electron chi connectivity index (χ3n) is 3.88. The standard InChI is InChI=1S/C12H18N4O2S.C4H4O4/c1-19-14-10-3-2-8-18-11(10)12(15-19)16-6-4-9(13-17)5-7-16;5-3(6)1-2-4(7)8/h17H,2-8H2,1H3;1-2H,(H,5,6)(H,7,8)/b;2-1-. The molecule has 3 aliphatic heterocycles. The number of rotatable bonds is 3. The lowest BCUT2D eigenvalue weighted by molar-refractivity contribution is -0.134. The number of allylic oxidation sites excluding steroid dienone is 1. The Balaban J connectivity index is 0.000000279. The van der Waals surface area contributed by atoms with Gasteiger partial charge in [-0.3, -0.25) is 0 Å². The molecule has 0 aromatic rings. The summed E-state index contributed by atoms with van der Waals surface area (Å²) in [6.07, 6.45) is 6.74. The van der Waals surface area contributed by atoms with Crippen LogP contribution >= 0.6 is 0 Å². The number of hydrogen-bond donors (Lipinski definition) is 3. The maximum absolute atomic E-state index is 9.55. The van der Waals surface area contributed by atoms with Crippen molar-refractivity contribution in [3.8, 4) is 0 Å². The van der Waals surface area contributed by atoms with Gasteiger partial charge in [-0.15, -0.1) is 0 Å². The molecule has 2 fully saturated rings. The number of ether oxygens (including phenoxy) is 1. The van der Waals surface area contributed by atoms with Gasteiger partial charge in [0.1, 0.15) is 0 Å². The van der Waals surface area contributed by atoms with Crippen molar-refractivity contribution in [3.05, 3.63) is 23.7 Å². The molecule has 0 radical (unpaired) electrons. The summed E-state index contributed by atoms with van der Waals surface area (Å²) in [5.74, 6) is -0.687. The number of carboxylic acids is 2. The Hall–Kier alpha value is -2.69. The van der Waals surface area contributed by atoms with Crippen molar-refractivity contribution in [2.75, 3.05) is 26.0 Å². The van der Waals surface area contributed by atoms with Crippen molar-refractivity contribution < 1.29 is 29.7 Å². The van der Waals surface area contributed by atoms with Crippen molar-refractivity contribution >= 4 is 34.2 Å². The lowest BCUT2D eigenvalue weighted by Gasteiger charge is -2.33. The summed E-state index contributed by atoms with van der Waals surface area (Å²) in [4.78, 5) is 21.3. The highest BCUT2D eigenvalue weighted by Gasteiger charge is 2.28. The van der Waals surface area contributed by atoms with Gasteiger partial charge in [-0.1, -0.05) is 5.16 Å². The molecular weight excluding hydrogens is 376 g/mol. The van der Waals surface area contributed by atoms with Gasteiger partial charge in [0.05, 0.1) is 18.0 Å². The van der Waals surface area contributed by atoms with Gasteiger partial charge in [0, 0.05) is 55.2 Å². The van der Waals surface area contributed by atoms with Crippen LogP contribution < -0.4 is 0 Å². The van der Waals surface area contributed by atoms with Crippen LogP contribution in [0.15, 0.2) is 37.6 Å². The van der Waals surface area contributed by atoms with E-state index in [2.05, 4.69) is 18.8 Å². The Morgan fingerprint density at radius 1 is 1.19 bits per heavy atom. The van der Waals surface area contributed by atoms with E-state index in [1.807, 2.05) is 6.26 Å². The molecule has 1 atom stereocenters. The molecule has 3 aliphatic rings. The summed E-state index contributed by atoms with van der Waals surface area (Å²) in [5.41, 5.74) is 1.94. The van der Waals surface area contributed by atoms with Crippen LogP contribution in [0.5, 0.6) is 0 Å². The molecule has 0 saturated carbocycles. The fourth-order valence-electron chi connectivity index (χ4n) is 2.66. The quantitative estimate of drug-likeness (QED) is 0.370. The first-order chi connectivity index (χ1) is 12.9. The molecule has 0 aliphatic carbocycles. The minimum absolute atomic E-state index is 0.297. The molecule has 3 heterocycles. The number of carboxylic acid groups (broad SMARTS) is 2. The third kappa shape index (κ3) is 6.20. The molecule has 3 N–H and O–H groups in total. The van der Waals surface area contributed by atoms with E-state index < -0.39 is 11.9 Å². The van der Waals surface area contributed by atoms with Gasteiger partial charge in [0.15, 0.2) is 11.6 Å². The molecule has 27 heavy (non-hydrogen) atoms. The van der Waals surface area contributed by atoms with Crippen molar-refractivity contribution in [1.29, 1.82) is 0 Å². The van der Waals surface area contributed by atoms with Crippen LogP contribution in [-0.4, -0.2) is 69.6 Å². The zero-order valence-corrected chi connectivity index (χ0v) is 15.7. The summed E-state index contributed by atoms with van der Waals surface area (Å²) in [6.45, 7) is 2.41. The van der Waals surface area contributed by atoms with E-state index in [4.69, 9.17) is 20.2 Å². The fourth-order valence-corrected chi connectivity index (χ4v) is 3.64. The Kier molecular flexibility index (Phi) is 7.53. The fraction of sp³-hybridized carbons (Fsp3) is 0.500. The Morgan fingerprint density at radius 3 is 2.37 bits per heavy atom. The largest absolute Gasteiger partial charge is 0.488 e. The van der Waals surface area contributed by atoms with Crippen LogP contribution in [0.25, 0.3) is 0 Å². The molecule has 0 amide bonds. The Bertz CT molecular complexity index is 730. The van der Waals surface area contributed by atoms with E-state index in [0.29, 0.717) is 12.2 Å². The molecule has 0 aromatic carbocycles. The highest BCUT2D eigenvalue weighted by molar-refractivity contribution is 7.85. The molecule has 11 heteroatoms. The van der Waals surface area contributed by atoms with Crippen molar-refractivity contribution in [2.45, 2.75) is 25.7 Å². The molecule has 2 saturated heterocycles. The average molecular weight is 398 g/mol. The van der Waals surface area contributed by atoms with Crippen molar-refractivity contribution in [3.63, 3.8) is 0 Å². The van der Waals surface area contributed by atoms with Crippen LogP contribution in [0.1, 0.15) is 25.7 Å². The Morgan fingerprint density at radius 2 is 1.81 bits per heavy atom. The number of carbonyl (C=O) groups is 2. The number of piperidine rings is 1. The molecule has 0 bridgehead atoms. The van der Waals surface area contributed by atoms with E-state index >= 15 is 0 Å². The number of nitrogens with zero attached hydrogens (tertiary/aromatic N) is 4. The molecule has 3 rings (SSSR count). The van der Waals surface area contributed by atoms with Gasteiger partial charge in [-0.25, -0.2) is 14.0 Å². The van der Waals surface area contributed by atoms with E-state index in [1.165, 1.54) is 0 Å². The molecule has 0 spiro atoms. The predicted octanol–water partition coefficient (Wildman–Crippen LogP) is 1.41. The first kappa shape index (κ1) is 20.6. The summed E-state index contributed by atoms with van der Waals surface area (Å²) < 4.78 is 15.0. The highest BCUT2D eigenvalue weighted by atomic mass is 32.2. The zero-order chi connectivity index (χ0) is 19.8. The second-order valence-corrected chi connectivity index (χ2v) is 7.10. The number of aliphatic carboxylic acids is 2. The average Bonchev–Trinajstić information content (AvgIpc) is 2.66. The van der Waals surface area contributed by atoms with Crippen LogP contribution in [0, 0.1) is 0 Å². The summed E-state index contributed by atoms with van der Waals surface area (Å²) in [5, 5.41) is 27.7. The number of hydrogen-bond acceptors (Lipinski definition) is 8. The van der Waals surface area contributed by atoms with Gasteiger partial charge in [-0.05, 0) is 12.8 Å². The van der Waals surface area contributed by atoms with Gasteiger partial charge >= 0.3 is 11.9 Å².